The number of aryl methyl sites for hydroxylation is 1. The summed E-state index contributed by atoms with van der Waals surface area (Å²) in [6.45, 7) is 2.01. The molecule has 90 valence electrons. The molecule has 0 aliphatic carbocycles. The number of carbonyl (C=O) groups excluding carboxylic acids is 1. The fraction of sp³-hybridized carbons (Fsp3) is 0.133. The van der Waals surface area contributed by atoms with E-state index >= 15 is 0 Å². The molecular formula is C15H13NO2. The second kappa shape index (κ2) is 3.88. The van der Waals surface area contributed by atoms with E-state index in [1.54, 1.807) is 12.1 Å². The first-order chi connectivity index (χ1) is 8.63. The summed E-state index contributed by atoms with van der Waals surface area (Å²) in [6.07, 6.45) is 0.368. The van der Waals surface area contributed by atoms with Gasteiger partial charge in [-0.25, -0.2) is 0 Å². The van der Waals surface area contributed by atoms with Crippen LogP contribution in [0.25, 0.3) is 11.1 Å². The predicted molar refractivity (Wildman–Crippen MR) is 70.6 cm³/mol. The molecule has 1 amide bonds. The minimum Gasteiger partial charge on any atom is -0.508 e. The lowest BCUT2D eigenvalue weighted by molar-refractivity contribution is -0.115. The quantitative estimate of drug-likeness (QED) is 0.742. The van der Waals surface area contributed by atoms with Gasteiger partial charge in [-0.3, -0.25) is 4.79 Å². The molecule has 2 N–H and O–H groups in total. The van der Waals surface area contributed by atoms with E-state index in [1.165, 1.54) is 0 Å². The predicted octanol–water partition coefficient (Wildman–Crippen LogP) is 2.86. The summed E-state index contributed by atoms with van der Waals surface area (Å²) in [5, 5.41) is 12.3. The fourth-order valence-corrected chi connectivity index (χ4v) is 2.37. The van der Waals surface area contributed by atoms with Crippen molar-refractivity contribution in [1.82, 2.24) is 0 Å². The molecule has 0 fully saturated rings. The Morgan fingerprint density at radius 2 is 1.89 bits per heavy atom. The normalized spacial score (nSPS) is 13.3. The Morgan fingerprint density at radius 1 is 1.11 bits per heavy atom. The van der Waals surface area contributed by atoms with Crippen LogP contribution in [0.15, 0.2) is 36.4 Å². The standard InChI is InChI=1S/C15H13NO2/c1-9-2-4-12-10(6-9)7-15(18)16-14-8-11(17)3-5-13(12)14/h2-6,8,17H,7H2,1H3,(H,16,18). The highest BCUT2D eigenvalue weighted by Gasteiger charge is 2.18. The molecule has 0 aromatic heterocycles. The third-order valence-corrected chi connectivity index (χ3v) is 3.18. The van der Waals surface area contributed by atoms with Crippen LogP contribution in [0.4, 0.5) is 5.69 Å². The number of hydrogen-bond donors (Lipinski definition) is 2. The van der Waals surface area contributed by atoms with Gasteiger partial charge in [0.1, 0.15) is 5.75 Å². The van der Waals surface area contributed by atoms with Gasteiger partial charge in [-0.2, -0.15) is 0 Å². The number of amides is 1. The molecule has 3 heteroatoms. The third-order valence-electron chi connectivity index (χ3n) is 3.18. The molecule has 0 bridgehead atoms. The van der Waals surface area contributed by atoms with E-state index in [0.717, 1.165) is 22.3 Å². The first kappa shape index (κ1) is 10.8. The molecule has 3 rings (SSSR count). The third kappa shape index (κ3) is 1.74. The van der Waals surface area contributed by atoms with Gasteiger partial charge in [0, 0.05) is 11.6 Å². The number of anilines is 1. The number of phenolic OH excluding ortho intramolecular Hbond substituents is 1. The van der Waals surface area contributed by atoms with Gasteiger partial charge in [0.2, 0.25) is 5.91 Å². The van der Waals surface area contributed by atoms with Crippen molar-refractivity contribution in [2.24, 2.45) is 0 Å². The Balaban J connectivity index is 2.28. The molecular weight excluding hydrogens is 226 g/mol. The van der Waals surface area contributed by atoms with Crippen LogP contribution in [0.1, 0.15) is 11.1 Å². The molecule has 0 unspecified atom stereocenters. The molecule has 1 heterocycles. The summed E-state index contributed by atoms with van der Waals surface area (Å²) in [7, 11) is 0. The number of benzene rings is 2. The Morgan fingerprint density at radius 3 is 2.72 bits per heavy atom. The molecule has 2 aromatic rings. The fourth-order valence-electron chi connectivity index (χ4n) is 2.37. The van der Waals surface area contributed by atoms with Gasteiger partial charge in [-0.05, 0) is 30.2 Å². The van der Waals surface area contributed by atoms with Crippen LogP contribution in [0, 0.1) is 6.92 Å². The van der Waals surface area contributed by atoms with Crippen LogP contribution >= 0.6 is 0 Å². The first-order valence-electron chi connectivity index (χ1n) is 5.86. The Labute approximate surface area is 105 Å². The number of carbonyl (C=O) groups is 1. The highest BCUT2D eigenvalue weighted by Crippen LogP contribution is 2.36. The number of aromatic hydroxyl groups is 1. The van der Waals surface area contributed by atoms with Crippen LogP contribution in [-0.4, -0.2) is 11.0 Å². The number of hydrogen-bond acceptors (Lipinski definition) is 2. The molecule has 1 aliphatic rings. The van der Waals surface area contributed by atoms with Crippen molar-refractivity contribution < 1.29 is 9.90 Å². The number of rotatable bonds is 0. The number of nitrogens with one attached hydrogen (secondary N) is 1. The lowest BCUT2D eigenvalue weighted by Crippen LogP contribution is -2.12. The van der Waals surface area contributed by atoms with E-state index in [2.05, 4.69) is 5.32 Å². The van der Waals surface area contributed by atoms with Crippen molar-refractivity contribution in [3.05, 3.63) is 47.5 Å². The zero-order valence-electron chi connectivity index (χ0n) is 10.0. The summed E-state index contributed by atoms with van der Waals surface area (Å²) in [5.74, 6) is 0.107. The van der Waals surface area contributed by atoms with Gasteiger partial charge in [0.05, 0.1) is 12.1 Å². The molecule has 3 nitrogen and oxygen atoms in total. The van der Waals surface area contributed by atoms with Crippen molar-refractivity contribution in [3.63, 3.8) is 0 Å². The van der Waals surface area contributed by atoms with Crippen LogP contribution in [0.2, 0.25) is 0 Å². The second-order valence-corrected chi connectivity index (χ2v) is 4.62. The van der Waals surface area contributed by atoms with E-state index < -0.39 is 0 Å². The zero-order valence-corrected chi connectivity index (χ0v) is 10.0. The van der Waals surface area contributed by atoms with Crippen molar-refractivity contribution in [2.75, 3.05) is 5.32 Å². The largest absolute Gasteiger partial charge is 0.508 e. The minimum atomic E-state index is -0.0498. The van der Waals surface area contributed by atoms with Crippen LogP contribution in [0.3, 0.4) is 0 Å². The van der Waals surface area contributed by atoms with Gasteiger partial charge in [0.25, 0.3) is 0 Å². The average Bonchev–Trinajstić information content (AvgIpc) is 2.42. The number of fused-ring (bicyclic) bond motifs is 3. The average molecular weight is 239 g/mol. The molecule has 0 spiro atoms. The van der Waals surface area contributed by atoms with E-state index in [4.69, 9.17) is 0 Å². The lowest BCUT2D eigenvalue weighted by atomic mass is 9.96. The van der Waals surface area contributed by atoms with Gasteiger partial charge >= 0.3 is 0 Å². The highest BCUT2D eigenvalue weighted by molar-refractivity contribution is 6.00. The number of phenols is 1. The summed E-state index contributed by atoms with van der Waals surface area (Å²) >= 11 is 0. The van der Waals surface area contributed by atoms with E-state index in [0.29, 0.717) is 12.1 Å². The highest BCUT2D eigenvalue weighted by atomic mass is 16.3. The topological polar surface area (TPSA) is 49.3 Å². The summed E-state index contributed by atoms with van der Waals surface area (Å²) < 4.78 is 0. The van der Waals surface area contributed by atoms with Crippen LogP contribution < -0.4 is 5.32 Å². The van der Waals surface area contributed by atoms with Crippen LogP contribution in [0.5, 0.6) is 5.75 Å². The Hall–Kier alpha value is -2.29. The summed E-state index contributed by atoms with van der Waals surface area (Å²) in [6, 6.07) is 11.2. The Bertz CT molecular complexity index is 591. The zero-order chi connectivity index (χ0) is 12.7. The van der Waals surface area contributed by atoms with Gasteiger partial charge in [0.15, 0.2) is 0 Å². The molecule has 0 saturated heterocycles. The molecule has 2 aromatic carbocycles. The van der Waals surface area contributed by atoms with E-state index in [9.17, 15) is 9.90 Å². The summed E-state index contributed by atoms with van der Waals surface area (Å²) in [5.41, 5.74) is 4.84. The van der Waals surface area contributed by atoms with Gasteiger partial charge < -0.3 is 10.4 Å². The molecule has 1 aliphatic heterocycles. The summed E-state index contributed by atoms with van der Waals surface area (Å²) in [4.78, 5) is 11.8. The van der Waals surface area contributed by atoms with Crippen molar-refractivity contribution in [3.8, 4) is 16.9 Å². The van der Waals surface area contributed by atoms with E-state index in [-0.39, 0.29) is 11.7 Å². The molecule has 0 saturated carbocycles. The van der Waals surface area contributed by atoms with Gasteiger partial charge in [-0.1, -0.05) is 23.8 Å². The maximum Gasteiger partial charge on any atom is 0.228 e. The smallest absolute Gasteiger partial charge is 0.228 e. The maximum absolute atomic E-state index is 11.8. The van der Waals surface area contributed by atoms with E-state index in [1.807, 2.05) is 31.2 Å². The first-order valence-corrected chi connectivity index (χ1v) is 5.86. The lowest BCUT2D eigenvalue weighted by Gasteiger charge is -2.09. The second-order valence-electron chi connectivity index (χ2n) is 4.62. The Kier molecular flexibility index (Phi) is 2.33. The maximum atomic E-state index is 11.8. The van der Waals surface area contributed by atoms with Crippen LogP contribution in [-0.2, 0) is 11.2 Å². The molecule has 0 atom stereocenters. The van der Waals surface area contributed by atoms with Crippen molar-refractivity contribution >= 4 is 11.6 Å². The van der Waals surface area contributed by atoms with Crippen molar-refractivity contribution in [1.29, 1.82) is 0 Å². The molecule has 18 heavy (non-hydrogen) atoms. The van der Waals surface area contributed by atoms with Gasteiger partial charge in [-0.15, -0.1) is 0 Å². The molecule has 0 radical (unpaired) electrons. The monoisotopic (exact) mass is 239 g/mol. The minimum absolute atomic E-state index is 0.0498. The SMILES string of the molecule is Cc1ccc2c(c1)CC(=O)Nc1cc(O)ccc1-2. The van der Waals surface area contributed by atoms with Crippen molar-refractivity contribution in [2.45, 2.75) is 13.3 Å².